The van der Waals surface area contributed by atoms with E-state index >= 15 is 0 Å². The molecule has 0 radical (unpaired) electrons. The number of carbonyl (C=O) groups is 1. The van der Waals surface area contributed by atoms with Gasteiger partial charge in [-0.15, -0.1) is 6.58 Å². The number of hydrogen-bond acceptors (Lipinski definition) is 4. The molecule has 20 heavy (non-hydrogen) atoms. The number of carboxylic acid groups (broad SMARTS) is 1. The Morgan fingerprint density at radius 1 is 1.50 bits per heavy atom. The van der Waals surface area contributed by atoms with Crippen molar-refractivity contribution in [3.05, 3.63) is 52.6 Å². The maximum atomic E-state index is 10.9. The molecule has 0 aliphatic carbocycles. The Morgan fingerprint density at radius 2 is 2.25 bits per heavy atom. The van der Waals surface area contributed by atoms with E-state index < -0.39 is 10.9 Å². The molecule has 6 nitrogen and oxygen atoms in total. The van der Waals surface area contributed by atoms with Crippen molar-refractivity contribution in [2.24, 2.45) is 0 Å². The van der Waals surface area contributed by atoms with Gasteiger partial charge in [0.2, 0.25) is 0 Å². The summed E-state index contributed by atoms with van der Waals surface area (Å²) in [5.41, 5.74) is 0.382. The second-order valence-electron chi connectivity index (χ2n) is 3.94. The van der Waals surface area contributed by atoms with E-state index in [0.717, 1.165) is 12.5 Å². The molecule has 0 spiro atoms. The zero-order valence-electron chi connectivity index (χ0n) is 10.8. The van der Waals surface area contributed by atoms with Gasteiger partial charge in [-0.25, -0.2) is 4.79 Å². The Kier molecular flexibility index (Phi) is 5.96. The highest BCUT2D eigenvalue weighted by molar-refractivity contribution is 5.85. The van der Waals surface area contributed by atoms with E-state index in [1.54, 1.807) is 6.08 Å². The summed E-state index contributed by atoms with van der Waals surface area (Å²) >= 11 is 0. The van der Waals surface area contributed by atoms with Crippen molar-refractivity contribution < 1.29 is 19.6 Å². The highest BCUT2D eigenvalue weighted by atomic mass is 16.6. The van der Waals surface area contributed by atoms with E-state index in [0.29, 0.717) is 18.6 Å². The summed E-state index contributed by atoms with van der Waals surface area (Å²) in [6.07, 6.45) is 5.51. The van der Waals surface area contributed by atoms with Crippen molar-refractivity contribution in [2.45, 2.75) is 12.8 Å². The first kappa shape index (κ1) is 15.4. The maximum Gasteiger partial charge on any atom is 0.328 e. The lowest BCUT2D eigenvalue weighted by Gasteiger charge is -2.06. The summed E-state index contributed by atoms with van der Waals surface area (Å²) in [6, 6.07) is 4.21. The van der Waals surface area contributed by atoms with Gasteiger partial charge in [-0.2, -0.15) is 0 Å². The molecule has 0 fully saturated rings. The number of ether oxygens (including phenoxy) is 1. The van der Waals surface area contributed by atoms with E-state index in [4.69, 9.17) is 9.84 Å². The van der Waals surface area contributed by atoms with Crippen LogP contribution in [0, 0.1) is 10.1 Å². The number of aliphatic carboxylic acids is 1. The predicted molar refractivity (Wildman–Crippen MR) is 74.7 cm³/mol. The molecular weight excluding hydrogens is 262 g/mol. The monoisotopic (exact) mass is 277 g/mol. The van der Waals surface area contributed by atoms with Crippen LogP contribution < -0.4 is 4.74 Å². The highest BCUT2D eigenvalue weighted by Gasteiger charge is 2.14. The van der Waals surface area contributed by atoms with Gasteiger partial charge in [0, 0.05) is 12.1 Å². The number of hydrogen-bond donors (Lipinski definition) is 1. The van der Waals surface area contributed by atoms with E-state index in [-0.39, 0.29) is 11.4 Å². The number of nitro benzene ring substituents is 1. The largest absolute Gasteiger partial charge is 0.487 e. The summed E-state index contributed by atoms with van der Waals surface area (Å²) in [6.45, 7) is 3.91. The van der Waals surface area contributed by atoms with Gasteiger partial charge in [-0.1, -0.05) is 6.08 Å². The quantitative estimate of drug-likeness (QED) is 0.259. The van der Waals surface area contributed by atoms with Crippen molar-refractivity contribution >= 4 is 17.7 Å². The molecule has 0 heterocycles. The molecule has 0 unspecified atom stereocenters. The number of nitrogens with zero attached hydrogens (tertiary/aromatic N) is 1. The lowest BCUT2D eigenvalue weighted by molar-refractivity contribution is -0.385. The number of benzene rings is 1. The molecule has 6 heteroatoms. The average Bonchev–Trinajstić information content (AvgIpc) is 2.41. The maximum absolute atomic E-state index is 10.9. The Hall–Kier alpha value is -2.63. The van der Waals surface area contributed by atoms with Crippen LogP contribution in [0.2, 0.25) is 0 Å². The van der Waals surface area contributed by atoms with Crippen LogP contribution in [-0.4, -0.2) is 22.6 Å². The first-order valence-electron chi connectivity index (χ1n) is 5.97. The van der Waals surface area contributed by atoms with Gasteiger partial charge in [-0.3, -0.25) is 10.1 Å². The van der Waals surface area contributed by atoms with E-state index in [1.807, 2.05) is 0 Å². The molecule has 1 aromatic carbocycles. The Balaban J connectivity index is 2.90. The molecule has 106 valence electrons. The minimum Gasteiger partial charge on any atom is -0.487 e. The van der Waals surface area contributed by atoms with Gasteiger partial charge in [0.15, 0.2) is 5.75 Å². The fraction of sp³-hybridized carbons (Fsp3) is 0.214. The molecule has 1 rings (SSSR count). The molecule has 0 aliphatic rings. The minimum atomic E-state index is -1.09. The molecule has 0 amide bonds. The molecule has 0 saturated carbocycles. The Morgan fingerprint density at radius 3 is 2.85 bits per heavy atom. The van der Waals surface area contributed by atoms with Gasteiger partial charge >= 0.3 is 11.7 Å². The van der Waals surface area contributed by atoms with Crippen LogP contribution in [0.25, 0.3) is 6.08 Å². The lowest BCUT2D eigenvalue weighted by atomic mass is 10.1. The number of allylic oxidation sites excluding steroid dienone is 1. The van der Waals surface area contributed by atoms with Crippen LogP contribution in [0.4, 0.5) is 5.69 Å². The van der Waals surface area contributed by atoms with E-state index in [1.165, 1.54) is 24.3 Å². The Labute approximate surface area is 116 Å². The van der Waals surface area contributed by atoms with Crippen molar-refractivity contribution in [3.8, 4) is 5.75 Å². The third-order valence-corrected chi connectivity index (χ3v) is 2.41. The topological polar surface area (TPSA) is 89.7 Å². The predicted octanol–water partition coefficient (Wildman–Crippen LogP) is 3.04. The van der Waals surface area contributed by atoms with Crippen molar-refractivity contribution in [2.75, 3.05) is 6.61 Å². The fourth-order valence-corrected chi connectivity index (χ4v) is 1.48. The van der Waals surface area contributed by atoms with Gasteiger partial charge in [0.25, 0.3) is 0 Å². The zero-order valence-corrected chi connectivity index (χ0v) is 10.8. The minimum absolute atomic E-state index is 0.131. The van der Waals surface area contributed by atoms with Crippen LogP contribution >= 0.6 is 0 Å². The summed E-state index contributed by atoms with van der Waals surface area (Å²) in [5, 5.41) is 19.4. The summed E-state index contributed by atoms with van der Waals surface area (Å²) in [4.78, 5) is 20.8. The third kappa shape index (κ3) is 4.93. The third-order valence-electron chi connectivity index (χ3n) is 2.41. The normalized spacial score (nSPS) is 10.4. The van der Waals surface area contributed by atoms with Gasteiger partial charge in [0.1, 0.15) is 0 Å². The van der Waals surface area contributed by atoms with Crippen molar-refractivity contribution in [1.82, 2.24) is 0 Å². The van der Waals surface area contributed by atoms with Crippen LogP contribution in [0.3, 0.4) is 0 Å². The SMILES string of the molecule is C=CCCCOc1cc(C=CC(=O)O)ccc1[N+](=O)[O-]. The van der Waals surface area contributed by atoms with Gasteiger partial charge < -0.3 is 9.84 Å². The zero-order chi connectivity index (χ0) is 15.0. The molecule has 1 aromatic rings. The molecule has 0 atom stereocenters. The number of unbranched alkanes of at least 4 members (excludes halogenated alkanes) is 1. The summed E-state index contributed by atoms with van der Waals surface area (Å²) < 4.78 is 5.38. The molecule has 0 bridgehead atoms. The smallest absolute Gasteiger partial charge is 0.328 e. The molecule has 0 aromatic heterocycles. The molecule has 1 N–H and O–H groups in total. The number of nitro groups is 1. The first-order chi connectivity index (χ1) is 9.54. The van der Waals surface area contributed by atoms with Crippen LogP contribution in [-0.2, 0) is 4.79 Å². The first-order valence-corrected chi connectivity index (χ1v) is 5.97. The second-order valence-corrected chi connectivity index (χ2v) is 3.94. The second kappa shape index (κ2) is 7.73. The van der Waals surface area contributed by atoms with Crippen LogP contribution in [0.15, 0.2) is 36.9 Å². The highest BCUT2D eigenvalue weighted by Crippen LogP contribution is 2.28. The Bertz CT molecular complexity index is 536. The molecule has 0 saturated heterocycles. The summed E-state index contributed by atoms with van der Waals surface area (Å²) in [5.74, 6) is -0.955. The average molecular weight is 277 g/mol. The fourth-order valence-electron chi connectivity index (χ4n) is 1.48. The van der Waals surface area contributed by atoms with Gasteiger partial charge in [0.05, 0.1) is 11.5 Å². The lowest BCUT2D eigenvalue weighted by Crippen LogP contribution is -2.00. The van der Waals surface area contributed by atoms with Crippen LogP contribution in [0.1, 0.15) is 18.4 Å². The van der Waals surface area contributed by atoms with Crippen LogP contribution in [0.5, 0.6) is 5.75 Å². The van der Waals surface area contributed by atoms with E-state index in [2.05, 4.69) is 6.58 Å². The molecule has 0 aliphatic heterocycles. The standard InChI is InChI=1S/C14H15NO5/c1-2-3-4-9-20-13-10-11(6-8-14(16)17)5-7-12(13)15(18)19/h2,5-8,10H,1,3-4,9H2,(H,16,17). The van der Waals surface area contributed by atoms with Gasteiger partial charge in [-0.05, 0) is 36.6 Å². The summed E-state index contributed by atoms with van der Waals surface area (Å²) in [7, 11) is 0. The number of carboxylic acids is 1. The van der Waals surface area contributed by atoms with Crippen molar-refractivity contribution in [3.63, 3.8) is 0 Å². The molecular formula is C14H15NO5. The van der Waals surface area contributed by atoms with E-state index in [9.17, 15) is 14.9 Å². The van der Waals surface area contributed by atoms with Crippen molar-refractivity contribution in [1.29, 1.82) is 0 Å². The number of rotatable bonds is 8.